The van der Waals surface area contributed by atoms with Gasteiger partial charge in [0.1, 0.15) is 0 Å². The van der Waals surface area contributed by atoms with Crippen LogP contribution in [0.1, 0.15) is 39.0 Å². The van der Waals surface area contributed by atoms with Crippen molar-refractivity contribution in [3.8, 4) is 0 Å². The predicted octanol–water partition coefficient (Wildman–Crippen LogP) is 2.28. The number of likely N-dealkylation sites (tertiary alicyclic amines) is 1. The molecule has 0 aromatic heterocycles. The smallest absolute Gasteiger partial charge is 0.222 e. The van der Waals surface area contributed by atoms with Crippen molar-refractivity contribution in [3.05, 3.63) is 0 Å². The third-order valence-electron chi connectivity index (χ3n) is 2.98. The van der Waals surface area contributed by atoms with Crippen LogP contribution < -0.4 is 5.73 Å². The SMILES string of the molecule is CCSC1CCCCN(C(=O)CCCN)C1.Cl. The van der Waals surface area contributed by atoms with Crippen molar-refractivity contribution in [2.45, 2.75) is 44.3 Å². The van der Waals surface area contributed by atoms with Crippen LogP contribution in [-0.4, -0.2) is 41.4 Å². The Balaban J connectivity index is 0.00000256. The second-order valence-corrected chi connectivity index (χ2v) is 5.88. The summed E-state index contributed by atoms with van der Waals surface area (Å²) in [5, 5.41) is 0.648. The molecule has 102 valence electrons. The van der Waals surface area contributed by atoms with E-state index in [4.69, 9.17) is 5.73 Å². The molecule has 1 amide bonds. The number of rotatable bonds is 5. The van der Waals surface area contributed by atoms with Gasteiger partial charge in [-0.2, -0.15) is 11.8 Å². The van der Waals surface area contributed by atoms with Crippen LogP contribution in [-0.2, 0) is 4.79 Å². The van der Waals surface area contributed by atoms with Crippen LogP contribution in [0, 0.1) is 0 Å². The first kappa shape index (κ1) is 17.1. The average molecular weight is 281 g/mol. The summed E-state index contributed by atoms with van der Waals surface area (Å²) < 4.78 is 0. The van der Waals surface area contributed by atoms with Gasteiger partial charge in [-0.05, 0) is 31.6 Å². The summed E-state index contributed by atoms with van der Waals surface area (Å²) in [4.78, 5) is 14.0. The van der Waals surface area contributed by atoms with Crippen molar-refractivity contribution in [2.75, 3.05) is 25.4 Å². The summed E-state index contributed by atoms with van der Waals surface area (Å²) in [5.74, 6) is 1.45. The van der Waals surface area contributed by atoms with Crippen molar-refractivity contribution >= 4 is 30.1 Å². The van der Waals surface area contributed by atoms with E-state index in [0.29, 0.717) is 24.1 Å². The van der Waals surface area contributed by atoms with Gasteiger partial charge in [0.2, 0.25) is 5.91 Å². The molecule has 1 aliphatic rings. The molecule has 1 heterocycles. The van der Waals surface area contributed by atoms with Gasteiger partial charge in [0.15, 0.2) is 0 Å². The van der Waals surface area contributed by atoms with Crippen molar-refractivity contribution in [3.63, 3.8) is 0 Å². The topological polar surface area (TPSA) is 46.3 Å². The van der Waals surface area contributed by atoms with Gasteiger partial charge in [0.05, 0.1) is 0 Å². The molecular weight excluding hydrogens is 256 g/mol. The van der Waals surface area contributed by atoms with Crippen LogP contribution in [0.15, 0.2) is 0 Å². The zero-order valence-electron chi connectivity index (χ0n) is 10.7. The molecule has 2 N–H and O–H groups in total. The predicted molar refractivity (Wildman–Crippen MR) is 77.9 cm³/mol. The minimum absolute atomic E-state index is 0. The molecule has 0 saturated carbocycles. The van der Waals surface area contributed by atoms with Crippen molar-refractivity contribution in [1.29, 1.82) is 0 Å². The molecule has 0 aliphatic carbocycles. The third-order valence-corrected chi connectivity index (χ3v) is 4.17. The fraction of sp³-hybridized carbons (Fsp3) is 0.917. The second kappa shape index (κ2) is 10.0. The average Bonchev–Trinajstić information content (AvgIpc) is 2.52. The van der Waals surface area contributed by atoms with Gasteiger partial charge in [-0.15, -0.1) is 12.4 Å². The molecular formula is C12H25ClN2OS. The van der Waals surface area contributed by atoms with E-state index < -0.39 is 0 Å². The van der Waals surface area contributed by atoms with Crippen molar-refractivity contribution in [2.24, 2.45) is 5.73 Å². The maximum Gasteiger partial charge on any atom is 0.222 e. The molecule has 1 unspecified atom stereocenters. The Hall–Kier alpha value is 0.0700. The molecule has 1 fully saturated rings. The quantitative estimate of drug-likeness (QED) is 0.840. The first-order chi connectivity index (χ1) is 7.77. The number of nitrogens with two attached hydrogens (primary N) is 1. The van der Waals surface area contributed by atoms with Crippen LogP contribution in [0.4, 0.5) is 0 Å². The lowest BCUT2D eigenvalue weighted by atomic mass is 10.2. The summed E-state index contributed by atoms with van der Waals surface area (Å²) in [6.07, 6.45) is 5.13. The van der Waals surface area contributed by atoms with Crippen LogP contribution in [0.5, 0.6) is 0 Å². The van der Waals surface area contributed by atoms with Gasteiger partial charge in [-0.1, -0.05) is 13.3 Å². The van der Waals surface area contributed by atoms with Crippen LogP contribution in [0.25, 0.3) is 0 Å². The minimum atomic E-state index is 0. The molecule has 0 radical (unpaired) electrons. The monoisotopic (exact) mass is 280 g/mol. The highest BCUT2D eigenvalue weighted by molar-refractivity contribution is 7.99. The number of amides is 1. The Kier molecular flexibility index (Phi) is 10.1. The number of carbonyl (C=O) groups is 1. The van der Waals surface area contributed by atoms with E-state index in [1.165, 1.54) is 12.8 Å². The van der Waals surface area contributed by atoms with Gasteiger partial charge in [-0.25, -0.2) is 0 Å². The molecule has 5 heteroatoms. The Bertz CT molecular complexity index is 217. The fourth-order valence-corrected chi connectivity index (χ4v) is 3.20. The van der Waals surface area contributed by atoms with E-state index in [-0.39, 0.29) is 12.4 Å². The molecule has 0 bridgehead atoms. The van der Waals surface area contributed by atoms with Gasteiger partial charge in [0, 0.05) is 24.8 Å². The maximum atomic E-state index is 11.9. The molecule has 1 saturated heterocycles. The van der Waals surface area contributed by atoms with Crippen LogP contribution in [0.2, 0.25) is 0 Å². The van der Waals surface area contributed by atoms with E-state index in [2.05, 4.69) is 11.8 Å². The standard InChI is InChI=1S/C12H24N2OS.ClH/c1-2-16-11-6-3-4-9-14(10-11)12(15)7-5-8-13;/h11H,2-10,13H2,1H3;1H. The normalized spacial score (nSPS) is 20.6. The van der Waals surface area contributed by atoms with Gasteiger partial charge in [-0.3, -0.25) is 4.79 Å². The van der Waals surface area contributed by atoms with Crippen LogP contribution in [0.3, 0.4) is 0 Å². The molecule has 0 aromatic rings. The number of nitrogens with zero attached hydrogens (tertiary/aromatic N) is 1. The summed E-state index contributed by atoms with van der Waals surface area (Å²) in [5.41, 5.74) is 5.44. The fourth-order valence-electron chi connectivity index (χ4n) is 2.11. The Morgan fingerprint density at radius 1 is 1.47 bits per heavy atom. The van der Waals surface area contributed by atoms with Crippen molar-refractivity contribution < 1.29 is 4.79 Å². The molecule has 3 nitrogen and oxygen atoms in total. The lowest BCUT2D eigenvalue weighted by Crippen LogP contribution is -2.35. The number of hydrogen-bond acceptors (Lipinski definition) is 3. The largest absolute Gasteiger partial charge is 0.342 e. The highest BCUT2D eigenvalue weighted by Crippen LogP contribution is 2.22. The summed E-state index contributed by atoms with van der Waals surface area (Å²) >= 11 is 1.99. The molecule has 1 rings (SSSR count). The van der Waals surface area contributed by atoms with E-state index >= 15 is 0 Å². The van der Waals surface area contributed by atoms with Gasteiger partial charge < -0.3 is 10.6 Å². The first-order valence-corrected chi connectivity index (χ1v) is 7.42. The number of halogens is 1. The van der Waals surface area contributed by atoms with Crippen LogP contribution >= 0.6 is 24.2 Å². The Labute approximate surface area is 115 Å². The molecule has 17 heavy (non-hydrogen) atoms. The zero-order valence-corrected chi connectivity index (χ0v) is 12.3. The highest BCUT2D eigenvalue weighted by Gasteiger charge is 2.21. The lowest BCUT2D eigenvalue weighted by molar-refractivity contribution is -0.131. The second-order valence-electron chi connectivity index (χ2n) is 4.31. The number of thioether (sulfide) groups is 1. The number of carbonyl (C=O) groups excluding carboxylic acids is 1. The zero-order chi connectivity index (χ0) is 11.8. The van der Waals surface area contributed by atoms with E-state index in [1.807, 2.05) is 11.8 Å². The van der Waals surface area contributed by atoms with E-state index in [1.54, 1.807) is 0 Å². The first-order valence-electron chi connectivity index (χ1n) is 6.37. The Morgan fingerprint density at radius 3 is 2.88 bits per heavy atom. The van der Waals surface area contributed by atoms with Gasteiger partial charge in [0.25, 0.3) is 0 Å². The maximum absolute atomic E-state index is 11.9. The lowest BCUT2D eigenvalue weighted by Gasteiger charge is -2.24. The number of hydrogen-bond donors (Lipinski definition) is 1. The summed E-state index contributed by atoms with van der Waals surface area (Å²) in [7, 11) is 0. The van der Waals surface area contributed by atoms with E-state index in [9.17, 15) is 4.79 Å². The molecule has 0 aromatic carbocycles. The minimum Gasteiger partial charge on any atom is -0.342 e. The molecule has 1 atom stereocenters. The third kappa shape index (κ3) is 6.53. The summed E-state index contributed by atoms with van der Waals surface area (Å²) in [6.45, 7) is 4.70. The molecule has 0 spiro atoms. The van der Waals surface area contributed by atoms with Gasteiger partial charge >= 0.3 is 0 Å². The molecule has 1 aliphatic heterocycles. The summed E-state index contributed by atoms with van der Waals surface area (Å²) in [6, 6.07) is 0. The van der Waals surface area contributed by atoms with E-state index in [0.717, 1.165) is 31.7 Å². The highest BCUT2D eigenvalue weighted by atomic mass is 35.5. The van der Waals surface area contributed by atoms with Crippen molar-refractivity contribution in [1.82, 2.24) is 4.90 Å². The Morgan fingerprint density at radius 2 is 2.24 bits per heavy atom.